The maximum absolute atomic E-state index is 13.8. The van der Waals surface area contributed by atoms with Crippen molar-refractivity contribution in [3.05, 3.63) is 57.9 Å². The van der Waals surface area contributed by atoms with Gasteiger partial charge in [0.15, 0.2) is 0 Å². The Labute approximate surface area is 240 Å². The number of pyridine rings is 1. The zero-order chi connectivity index (χ0) is 28.6. The number of rotatable bonds is 7. The fourth-order valence-electron chi connectivity index (χ4n) is 6.69. The molecular weight excluding hydrogens is 534 g/mol. The topological polar surface area (TPSA) is 56.8 Å². The van der Waals surface area contributed by atoms with Gasteiger partial charge in [-0.1, -0.05) is 17.7 Å². The number of hydrogen-bond donors (Lipinski definition) is 0. The normalized spacial score (nSPS) is 22.9. The highest BCUT2D eigenvalue weighted by atomic mass is 35.5. The number of aromatic nitrogens is 1. The molecule has 3 aliphatic rings. The van der Waals surface area contributed by atoms with E-state index in [1.54, 1.807) is 11.1 Å². The van der Waals surface area contributed by atoms with Gasteiger partial charge in [0, 0.05) is 68.4 Å². The van der Waals surface area contributed by atoms with E-state index in [9.17, 15) is 18.4 Å². The SMILES string of the molecule is Cc1ccc(N(CCCN2CC3CN(C(=O)c4c(C)ccnc4C)CC3C2)C(=O)C2CCC(F)(F)CC2)cc1Cl. The van der Waals surface area contributed by atoms with Crippen LogP contribution < -0.4 is 4.90 Å². The smallest absolute Gasteiger partial charge is 0.255 e. The zero-order valence-electron chi connectivity index (χ0n) is 23.6. The molecule has 0 spiro atoms. The average Bonchev–Trinajstić information content (AvgIpc) is 3.47. The van der Waals surface area contributed by atoms with Crippen molar-refractivity contribution >= 4 is 29.1 Å². The van der Waals surface area contributed by atoms with Crippen LogP contribution in [0.3, 0.4) is 0 Å². The molecular formula is C31H39ClF2N4O2. The van der Waals surface area contributed by atoms with Crippen molar-refractivity contribution in [2.75, 3.05) is 44.2 Å². The molecule has 1 aliphatic carbocycles. The second-order valence-electron chi connectivity index (χ2n) is 12.0. The summed E-state index contributed by atoms with van der Waals surface area (Å²) in [6.45, 7) is 10.5. The summed E-state index contributed by atoms with van der Waals surface area (Å²) in [4.78, 5) is 37.3. The molecule has 2 saturated heterocycles. The van der Waals surface area contributed by atoms with E-state index in [0.717, 1.165) is 67.2 Å². The van der Waals surface area contributed by atoms with Crippen molar-refractivity contribution in [2.24, 2.45) is 17.8 Å². The van der Waals surface area contributed by atoms with Gasteiger partial charge in [0.1, 0.15) is 0 Å². The molecule has 216 valence electrons. The lowest BCUT2D eigenvalue weighted by molar-refractivity contribution is -0.126. The summed E-state index contributed by atoms with van der Waals surface area (Å²) in [5, 5.41) is 0.591. The van der Waals surface area contributed by atoms with Gasteiger partial charge >= 0.3 is 0 Å². The number of benzene rings is 1. The molecule has 0 radical (unpaired) electrons. The third-order valence-corrected chi connectivity index (χ3v) is 9.47. The first-order valence-corrected chi connectivity index (χ1v) is 14.8. The van der Waals surface area contributed by atoms with Crippen molar-refractivity contribution in [2.45, 2.75) is 58.8 Å². The number of alkyl halides is 2. The van der Waals surface area contributed by atoms with E-state index < -0.39 is 5.92 Å². The number of carbonyl (C=O) groups is 2. The second-order valence-corrected chi connectivity index (χ2v) is 12.4. The third kappa shape index (κ3) is 6.18. The highest BCUT2D eigenvalue weighted by molar-refractivity contribution is 6.31. The van der Waals surface area contributed by atoms with Gasteiger partial charge in [-0.25, -0.2) is 8.78 Å². The van der Waals surface area contributed by atoms with E-state index in [0.29, 0.717) is 23.4 Å². The largest absolute Gasteiger partial charge is 0.338 e. The van der Waals surface area contributed by atoms with E-state index in [1.807, 2.05) is 49.9 Å². The first-order valence-electron chi connectivity index (χ1n) is 14.4. The second kappa shape index (κ2) is 11.7. The van der Waals surface area contributed by atoms with Crippen LogP contribution in [0.25, 0.3) is 0 Å². The maximum Gasteiger partial charge on any atom is 0.255 e. The number of carbonyl (C=O) groups excluding carboxylic acids is 2. The Morgan fingerprint density at radius 3 is 2.33 bits per heavy atom. The van der Waals surface area contributed by atoms with Gasteiger partial charge in [0.2, 0.25) is 11.8 Å². The standard InChI is InChI=1S/C31H39ClF2N4O2/c1-20-5-6-26(15-27(20)32)38(29(39)23-7-10-31(33,34)11-8-23)14-4-13-36-16-24-18-37(19-25(24)17-36)30(40)28-21(2)9-12-35-22(28)3/h5-6,9,12,15,23-25H,4,7-8,10-11,13-14,16-19H2,1-3H3. The predicted molar refractivity (Wildman–Crippen MR) is 153 cm³/mol. The molecule has 1 aromatic carbocycles. The van der Waals surface area contributed by atoms with Gasteiger partial charge in [-0.05, 0) is 87.7 Å². The first-order chi connectivity index (χ1) is 19.0. The summed E-state index contributed by atoms with van der Waals surface area (Å²) in [6.07, 6.45) is 2.48. The average molecular weight is 573 g/mol. The minimum atomic E-state index is -2.67. The molecule has 3 heterocycles. The molecule has 40 heavy (non-hydrogen) atoms. The summed E-state index contributed by atoms with van der Waals surface area (Å²) >= 11 is 6.39. The van der Waals surface area contributed by atoms with Crippen LogP contribution >= 0.6 is 11.6 Å². The first kappa shape index (κ1) is 28.9. The van der Waals surface area contributed by atoms with E-state index >= 15 is 0 Å². The lowest BCUT2D eigenvalue weighted by Crippen LogP contribution is -2.41. The number of amides is 2. The number of fused-ring (bicyclic) bond motifs is 1. The van der Waals surface area contributed by atoms with Crippen LogP contribution in [0.2, 0.25) is 5.02 Å². The fraction of sp³-hybridized carbons (Fsp3) is 0.581. The number of hydrogen-bond acceptors (Lipinski definition) is 4. The van der Waals surface area contributed by atoms with Crippen LogP contribution in [0.1, 0.15) is 59.3 Å². The van der Waals surface area contributed by atoms with Crippen LogP contribution in [0.15, 0.2) is 30.5 Å². The highest BCUT2D eigenvalue weighted by Gasteiger charge is 2.42. The quantitative estimate of drug-likeness (QED) is 0.414. The van der Waals surface area contributed by atoms with E-state index in [4.69, 9.17) is 11.6 Å². The molecule has 2 unspecified atom stereocenters. The van der Waals surface area contributed by atoms with Crippen molar-refractivity contribution < 1.29 is 18.4 Å². The van der Waals surface area contributed by atoms with Gasteiger partial charge in [0.05, 0.1) is 11.3 Å². The summed E-state index contributed by atoms with van der Waals surface area (Å²) in [5.74, 6) is -2.17. The van der Waals surface area contributed by atoms with E-state index in [-0.39, 0.29) is 43.4 Å². The van der Waals surface area contributed by atoms with Gasteiger partial charge in [-0.15, -0.1) is 0 Å². The van der Waals surface area contributed by atoms with Gasteiger partial charge in [-0.2, -0.15) is 0 Å². The van der Waals surface area contributed by atoms with Crippen molar-refractivity contribution in [1.29, 1.82) is 0 Å². The molecule has 2 aromatic rings. The Bertz CT molecular complexity index is 1230. The lowest BCUT2D eigenvalue weighted by Gasteiger charge is -2.32. The third-order valence-electron chi connectivity index (χ3n) is 9.07. The van der Waals surface area contributed by atoms with Crippen LogP contribution in [0.5, 0.6) is 0 Å². The molecule has 5 rings (SSSR count). The molecule has 1 saturated carbocycles. The Morgan fingerprint density at radius 2 is 1.70 bits per heavy atom. The Balaban J connectivity index is 1.17. The minimum absolute atomic E-state index is 0.0791. The highest BCUT2D eigenvalue weighted by Crippen LogP contribution is 2.38. The minimum Gasteiger partial charge on any atom is -0.338 e. The van der Waals surface area contributed by atoms with Crippen LogP contribution in [-0.2, 0) is 4.79 Å². The summed E-state index contributed by atoms with van der Waals surface area (Å²) in [6, 6.07) is 7.50. The summed E-state index contributed by atoms with van der Waals surface area (Å²) < 4.78 is 27.5. The number of likely N-dealkylation sites (tertiary alicyclic amines) is 2. The van der Waals surface area contributed by atoms with E-state index in [2.05, 4.69) is 9.88 Å². The molecule has 2 atom stereocenters. The maximum atomic E-state index is 13.8. The summed E-state index contributed by atoms with van der Waals surface area (Å²) in [7, 11) is 0. The number of halogens is 3. The monoisotopic (exact) mass is 572 g/mol. The zero-order valence-corrected chi connectivity index (χ0v) is 24.4. The van der Waals surface area contributed by atoms with Gasteiger partial charge < -0.3 is 14.7 Å². The number of anilines is 1. The van der Waals surface area contributed by atoms with Crippen LogP contribution in [0, 0.1) is 38.5 Å². The Morgan fingerprint density at radius 1 is 1.02 bits per heavy atom. The molecule has 1 aromatic heterocycles. The lowest BCUT2D eigenvalue weighted by atomic mass is 9.85. The Hall–Kier alpha value is -2.58. The van der Waals surface area contributed by atoms with Gasteiger partial charge in [-0.3, -0.25) is 14.6 Å². The predicted octanol–water partition coefficient (Wildman–Crippen LogP) is 5.91. The molecule has 9 heteroatoms. The van der Waals surface area contributed by atoms with Crippen molar-refractivity contribution in [1.82, 2.24) is 14.8 Å². The summed E-state index contributed by atoms with van der Waals surface area (Å²) in [5.41, 5.74) is 4.13. The van der Waals surface area contributed by atoms with Crippen LogP contribution in [-0.4, -0.2) is 71.8 Å². The van der Waals surface area contributed by atoms with Crippen molar-refractivity contribution in [3.8, 4) is 0 Å². The Kier molecular flexibility index (Phi) is 8.48. The molecule has 3 fully saturated rings. The number of nitrogens with zero attached hydrogens (tertiary/aromatic N) is 4. The molecule has 2 amide bonds. The van der Waals surface area contributed by atoms with Crippen LogP contribution in [0.4, 0.5) is 14.5 Å². The molecule has 0 N–H and O–H groups in total. The molecule has 2 aliphatic heterocycles. The molecule has 0 bridgehead atoms. The fourth-order valence-corrected chi connectivity index (χ4v) is 6.87. The molecule has 6 nitrogen and oxygen atoms in total. The van der Waals surface area contributed by atoms with E-state index in [1.165, 1.54) is 0 Å². The van der Waals surface area contributed by atoms with Crippen molar-refractivity contribution in [3.63, 3.8) is 0 Å². The van der Waals surface area contributed by atoms with Gasteiger partial charge in [0.25, 0.3) is 5.91 Å². The number of aryl methyl sites for hydroxylation is 3.